The number of nitrogens with one attached hydrogen (secondary N) is 1. The predicted molar refractivity (Wildman–Crippen MR) is 129 cm³/mol. The molecule has 0 bridgehead atoms. The van der Waals surface area contributed by atoms with Gasteiger partial charge in [-0.1, -0.05) is 72.2 Å². The Morgan fingerprint density at radius 1 is 1.00 bits per heavy atom. The van der Waals surface area contributed by atoms with E-state index in [0.717, 1.165) is 22.2 Å². The van der Waals surface area contributed by atoms with E-state index < -0.39 is 6.04 Å². The monoisotopic (exact) mass is 490 g/mol. The summed E-state index contributed by atoms with van der Waals surface area (Å²) in [5, 5.41) is 3.04. The van der Waals surface area contributed by atoms with Crippen LogP contribution in [0.3, 0.4) is 0 Å². The molecule has 0 unspecified atom stereocenters. The van der Waals surface area contributed by atoms with Crippen molar-refractivity contribution in [2.75, 3.05) is 5.75 Å². The molecule has 0 aliphatic heterocycles. The maximum Gasteiger partial charge on any atom is 0.243 e. The molecule has 0 aliphatic rings. The van der Waals surface area contributed by atoms with Crippen molar-refractivity contribution in [3.8, 4) is 0 Å². The van der Waals surface area contributed by atoms with E-state index in [0.29, 0.717) is 18.7 Å². The molecule has 162 valence electrons. The summed E-state index contributed by atoms with van der Waals surface area (Å²) in [7, 11) is 0. The van der Waals surface area contributed by atoms with Crippen LogP contribution < -0.4 is 5.32 Å². The van der Waals surface area contributed by atoms with E-state index in [2.05, 4.69) is 33.4 Å². The Morgan fingerprint density at radius 2 is 1.67 bits per heavy atom. The molecule has 0 saturated carbocycles. The molecule has 0 radical (unpaired) electrons. The molecule has 30 heavy (non-hydrogen) atoms. The first kappa shape index (κ1) is 24.5. The summed E-state index contributed by atoms with van der Waals surface area (Å²) in [6, 6.07) is 17.6. The number of amides is 2. The molecule has 2 aromatic rings. The maximum absolute atomic E-state index is 13.2. The molecule has 1 N–H and O–H groups in total. The fourth-order valence-corrected chi connectivity index (χ4v) is 4.20. The SMILES string of the molecule is CC[C@H](C)NC(=O)[C@H](CC)N(Cc1ccccc1)C(=O)CSCc1ccc(Br)cc1. The Morgan fingerprint density at radius 3 is 2.27 bits per heavy atom. The Kier molecular flexibility index (Phi) is 10.4. The van der Waals surface area contributed by atoms with Crippen molar-refractivity contribution in [3.05, 3.63) is 70.2 Å². The van der Waals surface area contributed by atoms with E-state index in [-0.39, 0.29) is 17.9 Å². The molecule has 0 fully saturated rings. The Balaban J connectivity index is 2.09. The minimum Gasteiger partial charge on any atom is -0.352 e. The molecule has 2 rings (SSSR count). The van der Waals surface area contributed by atoms with Gasteiger partial charge >= 0.3 is 0 Å². The average molecular weight is 491 g/mol. The minimum absolute atomic E-state index is 0.00730. The fraction of sp³-hybridized carbons (Fsp3) is 0.417. The lowest BCUT2D eigenvalue weighted by Gasteiger charge is -2.31. The number of thioether (sulfide) groups is 1. The largest absolute Gasteiger partial charge is 0.352 e. The highest BCUT2D eigenvalue weighted by Gasteiger charge is 2.29. The van der Waals surface area contributed by atoms with Crippen molar-refractivity contribution in [3.63, 3.8) is 0 Å². The third kappa shape index (κ3) is 7.80. The third-order valence-electron chi connectivity index (χ3n) is 4.99. The smallest absolute Gasteiger partial charge is 0.243 e. The van der Waals surface area contributed by atoms with Crippen molar-refractivity contribution in [1.29, 1.82) is 0 Å². The van der Waals surface area contributed by atoms with Gasteiger partial charge in [0.05, 0.1) is 5.75 Å². The van der Waals surface area contributed by atoms with Crippen molar-refractivity contribution >= 4 is 39.5 Å². The zero-order valence-corrected chi connectivity index (χ0v) is 20.3. The second-order valence-corrected chi connectivity index (χ2v) is 9.27. The maximum atomic E-state index is 13.2. The molecule has 4 nitrogen and oxygen atoms in total. The van der Waals surface area contributed by atoms with Gasteiger partial charge in [-0.3, -0.25) is 9.59 Å². The molecule has 0 aliphatic carbocycles. The van der Waals surface area contributed by atoms with E-state index in [1.165, 1.54) is 5.56 Å². The second-order valence-electron chi connectivity index (χ2n) is 7.37. The fourth-order valence-electron chi connectivity index (χ4n) is 3.06. The quantitative estimate of drug-likeness (QED) is 0.458. The zero-order valence-electron chi connectivity index (χ0n) is 17.9. The van der Waals surface area contributed by atoms with Crippen LogP contribution >= 0.6 is 27.7 Å². The number of rotatable bonds is 11. The summed E-state index contributed by atoms with van der Waals surface area (Å²) in [6.45, 7) is 6.42. The van der Waals surface area contributed by atoms with Gasteiger partial charge in [-0.2, -0.15) is 0 Å². The normalized spacial score (nSPS) is 12.8. The van der Waals surface area contributed by atoms with Crippen molar-refractivity contribution in [2.24, 2.45) is 0 Å². The van der Waals surface area contributed by atoms with E-state index in [9.17, 15) is 9.59 Å². The summed E-state index contributed by atoms with van der Waals surface area (Å²) < 4.78 is 1.04. The zero-order chi connectivity index (χ0) is 21.9. The molecule has 6 heteroatoms. The highest BCUT2D eigenvalue weighted by atomic mass is 79.9. The average Bonchev–Trinajstić information content (AvgIpc) is 2.75. The molecule has 0 heterocycles. The standard InChI is InChI=1S/C24H31BrN2O2S/c1-4-18(3)26-24(29)22(5-2)27(15-19-9-7-6-8-10-19)23(28)17-30-16-20-11-13-21(25)14-12-20/h6-14,18,22H,4-5,15-17H2,1-3H3,(H,26,29)/t18-,22-/m0/s1. The Bertz CT molecular complexity index is 799. The number of nitrogens with zero attached hydrogens (tertiary/aromatic N) is 1. The molecule has 0 aromatic heterocycles. The van der Waals surface area contributed by atoms with Crippen LogP contribution in [-0.4, -0.2) is 34.6 Å². The molecular formula is C24H31BrN2O2S. The summed E-state index contributed by atoms with van der Waals surface area (Å²) in [6.07, 6.45) is 1.44. The summed E-state index contributed by atoms with van der Waals surface area (Å²) >= 11 is 5.02. The van der Waals surface area contributed by atoms with Gasteiger partial charge in [-0.15, -0.1) is 11.8 Å². The summed E-state index contributed by atoms with van der Waals surface area (Å²) in [4.78, 5) is 27.8. The van der Waals surface area contributed by atoms with Gasteiger partial charge in [0.2, 0.25) is 11.8 Å². The number of carbonyl (C=O) groups excluding carboxylic acids is 2. The van der Waals surface area contributed by atoms with Crippen molar-refractivity contribution in [2.45, 2.75) is 58.0 Å². The van der Waals surface area contributed by atoms with E-state index >= 15 is 0 Å². The topological polar surface area (TPSA) is 49.4 Å². The summed E-state index contributed by atoms with van der Waals surface area (Å²) in [5.74, 6) is 1.02. The number of benzene rings is 2. The van der Waals surface area contributed by atoms with Crippen LogP contribution in [0, 0.1) is 0 Å². The lowest BCUT2D eigenvalue weighted by Crippen LogP contribution is -2.51. The van der Waals surface area contributed by atoms with Crippen LogP contribution in [0.15, 0.2) is 59.1 Å². The van der Waals surface area contributed by atoms with E-state index in [1.807, 2.05) is 63.2 Å². The Hall–Kier alpha value is -1.79. The summed E-state index contributed by atoms with van der Waals surface area (Å²) in [5.41, 5.74) is 2.20. The predicted octanol–water partition coefficient (Wildman–Crippen LogP) is 5.40. The first-order chi connectivity index (χ1) is 14.4. The number of hydrogen-bond acceptors (Lipinski definition) is 3. The first-order valence-corrected chi connectivity index (χ1v) is 12.3. The molecule has 2 aromatic carbocycles. The molecular weight excluding hydrogens is 460 g/mol. The number of hydrogen-bond donors (Lipinski definition) is 1. The third-order valence-corrected chi connectivity index (χ3v) is 6.51. The van der Waals surface area contributed by atoms with E-state index in [1.54, 1.807) is 16.7 Å². The van der Waals surface area contributed by atoms with Gasteiger partial charge in [0.1, 0.15) is 6.04 Å². The number of carbonyl (C=O) groups is 2. The lowest BCUT2D eigenvalue weighted by atomic mass is 10.1. The van der Waals surface area contributed by atoms with Crippen LogP contribution in [0.4, 0.5) is 0 Å². The highest BCUT2D eigenvalue weighted by Crippen LogP contribution is 2.19. The first-order valence-electron chi connectivity index (χ1n) is 10.4. The molecule has 0 spiro atoms. The number of halogens is 1. The van der Waals surface area contributed by atoms with Gasteiger partial charge in [0, 0.05) is 22.8 Å². The van der Waals surface area contributed by atoms with E-state index in [4.69, 9.17) is 0 Å². The minimum atomic E-state index is -0.472. The van der Waals surface area contributed by atoms with Gasteiger partial charge in [0.25, 0.3) is 0 Å². The van der Waals surface area contributed by atoms with Crippen LogP contribution in [0.1, 0.15) is 44.7 Å². The second kappa shape index (κ2) is 12.8. The van der Waals surface area contributed by atoms with Crippen LogP contribution in [0.25, 0.3) is 0 Å². The van der Waals surface area contributed by atoms with Gasteiger partial charge in [-0.25, -0.2) is 0 Å². The van der Waals surface area contributed by atoms with Gasteiger partial charge in [-0.05, 0) is 43.0 Å². The molecule has 0 saturated heterocycles. The van der Waals surface area contributed by atoms with Crippen molar-refractivity contribution < 1.29 is 9.59 Å². The van der Waals surface area contributed by atoms with Crippen molar-refractivity contribution in [1.82, 2.24) is 10.2 Å². The van der Waals surface area contributed by atoms with Crippen LogP contribution in [-0.2, 0) is 21.9 Å². The van der Waals surface area contributed by atoms with Gasteiger partial charge in [0.15, 0.2) is 0 Å². The lowest BCUT2D eigenvalue weighted by molar-refractivity contribution is -0.139. The van der Waals surface area contributed by atoms with Crippen LogP contribution in [0.5, 0.6) is 0 Å². The highest BCUT2D eigenvalue weighted by molar-refractivity contribution is 9.10. The van der Waals surface area contributed by atoms with Crippen LogP contribution in [0.2, 0.25) is 0 Å². The molecule has 2 amide bonds. The molecule has 2 atom stereocenters. The van der Waals surface area contributed by atoms with Gasteiger partial charge < -0.3 is 10.2 Å². The Labute approximate surface area is 192 Å².